The minimum atomic E-state index is -0.577. The SMILES string of the molecule is CCc1ccc(O[C@H](CC)C(=O)Nc2nnc(-c3ccccc3)s2)cc1. The molecule has 0 unspecified atom stereocenters. The molecule has 2 aromatic carbocycles. The summed E-state index contributed by atoms with van der Waals surface area (Å²) in [7, 11) is 0. The third-order valence-corrected chi connectivity index (χ3v) is 4.84. The summed E-state index contributed by atoms with van der Waals surface area (Å²) in [5.74, 6) is 0.467. The van der Waals surface area contributed by atoms with Crippen molar-refractivity contribution in [1.29, 1.82) is 0 Å². The summed E-state index contributed by atoms with van der Waals surface area (Å²) in [6.45, 7) is 4.02. The second kappa shape index (κ2) is 8.58. The van der Waals surface area contributed by atoms with E-state index in [0.29, 0.717) is 17.3 Å². The summed E-state index contributed by atoms with van der Waals surface area (Å²) in [6, 6.07) is 17.6. The third kappa shape index (κ3) is 4.46. The van der Waals surface area contributed by atoms with Gasteiger partial charge in [-0.3, -0.25) is 10.1 Å². The van der Waals surface area contributed by atoms with Crippen molar-refractivity contribution >= 4 is 22.4 Å². The smallest absolute Gasteiger partial charge is 0.267 e. The van der Waals surface area contributed by atoms with Crippen LogP contribution in [0.1, 0.15) is 25.8 Å². The first kappa shape index (κ1) is 18.1. The summed E-state index contributed by atoms with van der Waals surface area (Å²) in [6.07, 6.45) is 0.955. The maximum Gasteiger partial charge on any atom is 0.267 e. The highest BCUT2D eigenvalue weighted by Crippen LogP contribution is 2.26. The van der Waals surface area contributed by atoms with E-state index >= 15 is 0 Å². The lowest BCUT2D eigenvalue weighted by atomic mass is 10.2. The number of ether oxygens (including phenoxy) is 1. The Morgan fingerprint density at radius 2 is 1.81 bits per heavy atom. The van der Waals surface area contributed by atoms with Crippen LogP contribution in [0.15, 0.2) is 54.6 Å². The molecular weight excluding hydrogens is 346 g/mol. The molecule has 0 fully saturated rings. The highest BCUT2D eigenvalue weighted by molar-refractivity contribution is 7.18. The van der Waals surface area contributed by atoms with E-state index in [9.17, 15) is 4.79 Å². The second-order valence-electron chi connectivity index (χ2n) is 5.78. The quantitative estimate of drug-likeness (QED) is 0.665. The van der Waals surface area contributed by atoms with Crippen molar-refractivity contribution in [1.82, 2.24) is 10.2 Å². The summed E-state index contributed by atoms with van der Waals surface area (Å²) in [5, 5.41) is 12.2. The van der Waals surface area contributed by atoms with Gasteiger partial charge in [0, 0.05) is 5.56 Å². The monoisotopic (exact) mass is 367 g/mol. The molecule has 0 saturated carbocycles. The van der Waals surface area contributed by atoms with E-state index in [2.05, 4.69) is 22.4 Å². The van der Waals surface area contributed by atoms with Crippen LogP contribution in [-0.2, 0) is 11.2 Å². The van der Waals surface area contributed by atoms with E-state index in [1.165, 1.54) is 16.9 Å². The van der Waals surface area contributed by atoms with Crippen LogP contribution in [0.2, 0.25) is 0 Å². The van der Waals surface area contributed by atoms with Crippen molar-refractivity contribution in [2.75, 3.05) is 5.32 Å². The molecule has 0 radical (unpaired) electrons. The van der Waals surface area contributed by atoms with Gasteiger partial charge in [0.25, 0.3) is 5.91 Å². The van der Waals surface area contributed by atoms with Gasteiger partial charge < -0.3 is 4.74 Å². The predicted octanol–water partition coefficient (Wildman–Crippen LogP) is 4.56. The van der Waals surface area contributed by atoms with E-state index < -0.39 is 6.10 Å². The number of nitrogens with one attached hydrogen (secondary N) is 1. The van der Waals surface area contributed by atoms with E-state index in [1.807, 2.05) is 61.5 Å². The van der Waals surface area contributed by atoms with Crippen LogP contribution in [0.5, 0.6) is 5.75 Å². The van der Waals surface area contributed by atoms with Crippen LogP contribution in [0.25, 0.3) is 10.6 Å². The van der Waals surface area contributed by atoms with Gasteiger partial charge in [-0.05, 0) is 30.5 Å². The second-order valence-corrected chi connectivity index (χ2v) is 6.76. The van der Waals surface area contributed by atoms with Gasteiger partial charge in [-0.25, -0.2) is 0 Å². The Morgan fingerprint density at radius 1 is 1.08 bits per heavy atom. The lowest BCUT2D eigenvalue weighted by Gasteiger charge is -2.16. The fourth-order valence-corrected chi connectivity index (χ4v) is 3.20. The van der Waals surface area contributed by atoms with Crippen LogP contribution in [0, 0.1) is 0 Å². The van der Waals surface area contributed by atoms with Crippen LogP contribution in [-0.4, -0.2) is 22.2 Å². The number of benzene rings is 2. The number of carbonyl (C=O) groups excluding carboxylic acids is 1. The van der Waals surface area contributed by atoms with E-state index in [0.717, 1.165) is 17.0 Å². The van der Waals surface area contributed by atoms with Crippen molar-refractivity contribution in [3.05, 3.63) is 60.2 Å². The Hall–Kier alpha value is -2.73. The average molecular weight is 367 g/mol. The van der Waals surface area contributed by atoms with Crippen LogP contribution in [0.3, 0.4) is 0 Å². The van der Waals surface area contributed by atoms with Crippen molar-refractivity contribution in [2.45, 2.75) is 32.8 Å². The van der Waals surface area contributed by atoms with Crippen LogP contribution >= 0.6 is 11.3 Å². The number of hydrogen-bond acceptors (Lipinski definition) is 5. The molecule has 0 aliphatic carbocycles. The lowest BCUT2D eigenvalue weighted by molar-refractivity contribution is -0.122. The van der Waals surface area contributed by atoms with Gasteiger partial charge in [-0.2, -0.15) is 0 Å². The first-order valence-electron chi connectivity index (χ1n) is 8.65. The molecule has 0 aliphatic rings. The lowest BCUT2D eigenvalue weighted by Crippen LogP contribution is -2.32. The molecule has 3 aromatic rings. The highest BCUT2D eigenvalue weighted by Gasteiger charge is 2.20. The van der Waals surface area contributed by atoms with Gasteiger partial charge >= 0.3 is 0 Å². The molecule has 26 heavy (non-hydrogen) atoms. The zero-order chi connectivity index (χ0) is 18.4. The van der Waals surface area contributed by atoms with Crippen molar-refractivity contribution in [3.63, 3.8) is 0 Å². The molecule has 134 valence electrons. The minimum absolute atomic E-state index is 0.220. The first-order valence-corrected chi connectivity index (χ1v) is 9.46. The standard InChI is InChI=1S/C20H21N3O2S/c1-3-14-10-12-16(13-11-14)25-17(4-2)18(24)21-20-23-22-19(26-20)15-8-6-5-7-9-15/h5-13,17H,3-4H2,1-2H3,(H,21,23,24)/t17-/m1/s1. The van der Waals surface area contributed by atoms with E-state index in [4.69, 9.17) is 4.74 Å². The topological polar surface area (TPSA) is 64.1 Å². The number of nitrogens with zero attached hydrogens (tertiary/aromatic N) is 2. The van der Waals surface area contributed by atoms with Gasteiger partial charge in [-0.1, -0.05) is 67.6 Å². The Bertz CT molecular complexity index is 847. The Balaban J connectivity index is 1.64. The largest absolute Gasteiger partial charge is 0.481 e. The molecule has 0 saturated heterocycles. The zero-order valence-corrected chi connectivity index (χ0v) is 15.6. The molecule has 0 spiro atoms. The fourth-order valence-electron chi connectivity index (χ4n) is 2.45. The van der Waals surface area contributed by atoms with Gasteiger partial charge in [0.2, 0.25) is 5.13 Å². The van der Waals surface area contributed by atoms with E-state index in [1.54, 1.807) is 0 Å². The van der Waals surface area contributed by atoms with Crippen LogP contribution in [0.4, 0.5) is 5.13 Å². The molecular formula is C20H21N3O2S. The molecule has 1 amide bonds. The maximum absolute atomic E-state index is 12.5. The molecule has 1 atom stereocenters. The van der Waals surface area contributed by atoms with Crippen molar-refractivity contribution < 1.29 is 9.53 Å². The number of rotatable bonds is 7. The first-order chi connectivity index (χ1) is 12.7. The van der Waals surface area contributed by atoms with Gasteiger partial charge in [-0.15, -0.1) is 10.2 Å². The number of carbonyl (C=O) groups is 1. The summed E-state index contributed by atoms with van der Waals surface area (Å²) in [5.41, 5.74) is 2.21. The van der Waals surface area contributed by atoms with Gasteiger partial charge in [0.05, 0.1) is 0 Å². The molecule has 3 rings (SSSR count). The minimum Gasteiger partial charge on any atom is -0.481 e. The average Bonchev–Trinajstić information content (AvgIpc) is 3.15. The van der Waals surface area contributed by atoms with Crippen molar-refractivity contribution in [2.24, 2.45) is 0 Å². The molecule has 0 bridgehead atoms. The Morgan fingerprint density at radius 3 is 2.46 bits per heavy atom. The third-order valence-electron chi connectivity index (χ3n) is 3.95. The zero-order valence-electron chi connectivity index (χ0n) is 14.8. The van der Waals surface area contributed by atoms with Gasteiger partial charge in [0.1, 0.15) is 10.8 Å². The van der Waals surface area contributed by atoms with Crippen molar-refractivity contribution in [3.8, 4) is 16.3 Å². The summed E-state index contributed by atoms with van der Waals surface area (Å²) < 4.78 is 5.83. The number of hydrogen-bond donors (Lipinski definition) is 1. The molecule has 1 heterocycles. The fraction of sp³-hybridized carbons (Fsp3) is 0.250. The number of aryl methyl sites for hydroxylation is 1. The summed E-state index contributed by atoms with van der Waals surface area (Å²) in [4.78, 5) is 12.5. The maximum atomic E-state index is 12.5. The molecule has 6 heteroatoms. The number of amides is 1. The number of anilines is 1. The summed E-state index contributed by atoms with van der Waals surface area (Å²) >= 11 is 1.34. The van der Waals surface area contributed by atoms with Gasteiger partial charge in [0.15, 0.2) is 6.10 Å². The van der Waals surface area contributed by atoms with E-state index in [-0.39, 0.29) is 5.91 Å². The number of aromatic nitrogens is 2. The Labute approximate surface area is 157 Å². The molecule has 5 nitrogen and oxygen atoms in total. The molecule has 0 aliphatic heterocycles. The van der Waals surface area contributed by atoms with Crippen LogP contribution < -0.4 is 10.1 Å². The molecule has 1 N–H and O–H groups in total. The highest BCUT2D eigenvalue weighted by atomic mass is 32.1. The predicted molar refractivity (Wildman–Crippen MR) is 105 cm³/mol. The Kier molecular flexibility index (Phi) is 5.96. The molecule has 1 aromatic heterocycles. The normalized spacial score (nSPS) is 11.8.